The molecule has 0 radical (unpaired) electrons. The summed E-state index contributed by atoms with van der Waals surface area (Å²) in [5.41, 5.74) is 0.901. The summed E-state index contributed by atoms with van der Waals surface area (Å²) in [5, 5.41) is 0. The van der Waals surface area contributed by atoms with Gasteiger partial charge in [0.15, 0.2) is 11.5 Å². The molecule has 1 aromatic rings. The molecule has 3 aliphatic heterocycles. The second kappa shape index (κ2) is 8.43. The van der Waals surface area contributed by atoms with Gasteiger partial charge in [-0.15, -0.1) is 0 Å². The Morgan fingerprint density at radius 1 is 1.13 bits per heavy atom. The van der Waals surface area contributed by atoms with Crippen molar-refractivity contribution in [3.8, 4) is 11.5 Å². The number of fused-ring (bicyclic) bond motifs is 1. The van der Waals surface area contributed by atoms with Gasteiger partial charge in [-0.3, -0.25) is 14.5 Å². The molecular formula is C20H27N3O6S. The van der Waals surface area contributed by atoms with Crippen molar-refractivity contribution in [1.82, 2.24) is 14.7 Å². The molecule has 0 N–H and O–H groups in total. The quantitative estimate of drug-likeness (QED) is 0.623. The molecule has 1 atom stereocenters. The Balaban J connectivity index is 1.36. The molecule has 2 fully saturated rings. The predicted octanol–water partition coefficient (Wildman–Crippen LogP) is 0.0951. The molecule has 4 rings (SSSR count). The molecule has 0 spiro atoms. The van der Waals surface area contributed by atoms with E-state index >= 15 is 0 Å². The Morgan fingerprint density at radius 2 is 1.87 bits per heavy atom. The van der Waals surface area contributed by atoms with Crippen molar-refractivity contribution in [2.45, 2.75) is 25.4 Å². The topological polar surface area (TPSA) is 96.5 Å². The highest BCUT2D eigenvalue weighted by molar-refractivity contribution is 7.90. The van der Waals surface area contributed by atoms with Crippen LogP contribution < -0.4 is 9.47 Å². The highest BCUT2D eigenvalue weighted by Crippen LogP contribution is 2.33. The van der Waals surface area contributed by atoms with E-state index in [1.807, 2.05) is 18.2 Å². The van der Waals surface area contributed by atoms with E-state index in [2.05, 4.69) is 4.90 Å². The number of nitrogens with zero attached hydrogens (tertiary/aromatic N) is 3. The Hall–Kier alpha value is -2.33. The number of sulfone groups is 1. The molecule has 30 heavy (non-hydrogen) atoms. The lowest BCUT2D eigenvalue weighted by atomic mass is 10.1. The normalized spacial score (nSPS) is 22.0. The van der Waals surface area contributed by atoms with E-state index < -0.39 is 15.9 Å². The molecule has 0 aromatic heterocycles. The van der Waals surface area contributed by atoms with Crippen molar-refractivity contribution >= 4 is 21.7 Å². The van der Waals surface area contributed by atoms with Gasteiger partial charge in [0, 0.05) is 51.9 Å². The number of hydrogen-bond donors (Lipinski definition) is 0. The van der Waals surface area contributed by atoms with Crippen molar-refractivity contribution in [3.05, 3.63) is 23.8 Å². The zero-order valence-corrected chi connectivity index (χ0v) is 17.9. The van der Waals surface area contributed by atoms with E-state index in [-0.39, 0.29) is 24.4 Å². The second-order valence-corrected chi connectivity index (χ2v) is 10.3. The number of carbonyl (C=O) groups excluding carboxylic acids is 2. The number of ether oxygens (including phenoxy) is 2. The Bertz CT molecular complexity index is 926. The van der Waals surface area contributed by atoms with Gasteiger partial charge in [-0.1, -0.05) is 6.07 Å². The van der Waals surface area contributed by atoms with Crippen LogP contribution in [0.4, 0.5) is 0 Å². The van der Waals surface area contributed by atoms with Crippen molar-refractivity contribution in [2.75, 3.05) is 51.5 Å². The summed E-state index contributed by atoms with van der Waals surface area (Å²) in [5.74, 6) is 1.43. The first kappa shape index (κ1) is 20.9. The standard InChI is InChI=1S/C20H27N3O6S/c1-30(26,27)11-10-21-6-8-22(9-7-21)20(25)16-3-5-19(24)23(16)13-15-2-4-17-18(12-15)29-14-28-17/h2,4,12,16H,3,5-11,13-14H2,1H3. The summed E-state index contributed by atoms with van der Waals surface area (Å²) < 4.78 is 33.4. The van der Waals surface area contributed by atoms with Crippen molar-refractivity contribution in [1.29, 1.82) is 0 Å². The highest BCUT2D eigenvalue weighted by Gasteiger charge is 2.39. The number of carbonyl (C=O) groups is 2. The second-order valence-electron chi connectivity index (χ2n) is 8.06. The maximum Gasteiger partial charge on any atom is 0.245 e. The third-order valence-electron chi connectivity index (χ3n) is 5.87. The van der Waals surface area contributed by atoms with Crippen molar-refractivity contribution in [3.63, 3.8) is 0 Å². The Labute approximate surface area is 176 Å². The van der Waals surface area contributed by atoms with Gasteiger partial charge in [-0.05, 0) is 24.1 Å². The zero-order chi connectivity index (χ0) is 21.3. The SMILES string of the molecule is CS(=O)(=O)CCN1CCN(C(=O)C2CCC(=O)N2Cc2ccc3c(c2)OCO3)CC1. The molecule has 10 heteroatoms. The van der Waals surface area contributed by atoms with Gasteiger partial charge < -0.3 is 19.3 Å². The molecule has 1 unspecified atom stereocenters. The number of benzene rings is 1. The first-order valence-corrected chi connectivity index (χ1v) is 12.2. The van der Waals surface area contributed by atoms with Crippen LogP contribution in [0.1, 0.15) is 18.4 Å². The average molecular weight is 438 g/mol. The molecule has 0 bridgehead atoms. The van der Waals surface area contributed by atoms with E-state index in [0.29, 0.717) is 63.6 Å². The summed E-state index contributed by atoms with van der Waals surface area (Å²) in [4.78, 5) is 31.1. The molecule has 9 nitrogen and oxygen atoms in total. The monoisotopic (exact) mass is 437 g/mol. The number of hydrogen-bond acceptors (Lipinski definition) is 7. The van der Waals surface area contributed by atoms with Crippen LogP contribution in [0.15, 0.2) is 18.2 Å². The van der Waals surface area contributed by atoms with Gasteiger partial charge >= 0.3 is 0 Å². The lowest BCUT2D eigenvalue weighted by molar-refractivity contribution is -0.143. The molecule has 164 valence electrons. The van der Waals surface area contributed by atoms with Gasteiger partial charge in [0.2, 0.25) is 18.6 Å². The zero-order valence-electron chi connectivity index (χ0n) is 17.1. The van der Waals surface area contributed by atoms with Crippen molar-refractivity contribution in [2.24, 2.45) is 0 Å². The fraction of sp³-hybridized carbons (Fsp3) is 0.600. The van der Waals surface area contributed by atoms with E-state index in [0.717, 1.165) is 5.56 Å². The van der Waals surface area contributed by atoms with Crippen LogP contribution in [0.3, 0.4) is 0 Å². The molecule has 1 aromatic carbocycles. The van der Waals surface area contributed by atoms with Crippen LogP contribution in [0, 0.1) is 0 Å². The minimum atomic E-state index is -3.00. The first-order valence-electron chi connectivity index (χ1n) is 10.2. The third kappa shape index (κ3) is 4.70. The van der Waals surface area contributed by atoms with Crippen LogP contribution in [0.5, 0.6) is 11.5 Å². The van der Waals surface area contributed by atoms with Crippen LogP contribution in [0.25, 0.3) is 0 Å². The largest absolute Gasteiger partial charge is 0.454 e. The minimum Gasteiger partial charge on any atom is -0.454 e. The smallest absolute Gasteiger partial charge is 0.245 e. The summed E-state index contributed by atoms with van der Waals surface area (Å²) in [6, 6.07) is 5.12. The summed E-state index contributed by atoms with van der Waals surface area (Å²) >= 11 is 0. The van der Waals surface area contributed by atoms with E-state index in [1.54, 1.807) is 9.80 Å². The minimum absolute atomic E-state index is 0.0159. The van der Waals surface area contributed by atoms with Crippen LogP contribution in [0.2, 0.25) is 0 Å². The number of piperazine rings is 1. The Morgan fingerprint density at radius 3 is 2.60 bits per heavy atom. The third-order valence-corrected chi connectivity index (χ3v) is 6.79. The van der Waals surface area contributed by atoms with Crippen molar-refractivity contribution < 1.29 is 27.5 Å². The number of rotatable bonds is 6. The maximum absolute atomic E-state index is 13.1. The fourth-order valence-electron chi connectivity index (χ4n) is 4.12. The molecule has 2 saturated heterocycles. The van der Waals surface area contributed by atoms with E-state index in [1.165, 1.54) is 6.26 Å². The molecular weight excluding hydrogens is 410 g/mol. The van der Waals surface area contributed by atoms with Gasteiger partial charge in [-0.2, -0.15) is 0 Å². The lowest BCUT2D eigenvalue weighted by Gasteiger charge is -2.37. The summed E-state index contributed by atoms with van der Waals surface area (Å²) in [6.07, 6.45) is 2.13. The van der Waals surface area contributed by atoms with Gasteiger partial charge in [0.05, 0.1) is 5.75 Å². The highest BCUT2D eigenvalue weighted by atomic mass is 32.2. The predicted molar refractivity (Wildman–Crippen MR) is 109 cm³/mol. The Kier molecular flexibility index (Phi) is 5.88. The first-order chi connectivity index (χ1) is 14.3. The van der Waals surface area contributed by atoms with Gasteiger partial charge in [0.1, 0.15) is 15.9 Å². The van der Waals surface area contributed by atoms with Gasteiger partial charge in [0.25, 0.3) is 0 Å². The molecule has 2 amide bonds. The lowest BCUT2D eigenvalue weighted by Crippen LogP contribution is -2.54. The summed E-state index contributed by atoms with van der Waals surface area (Å²) in [7, 11) is -3.00. The van der Waals surface area contributed by atoms with E-state index in [4.69, 9.17) is 9.47 Å². The number of likely N-dealkylation sites (tertiary alicyclic amines) is 1. The van der Waals surface area contributed by atoms with E-state index in [9.17, 15) is 18.0 Å². The fourth-order valence-corrected chi connectivity index (χ4v) is 4.71. The van der Waals surface area contributed by atoms with Gasteiger partial charge in [-0.25, -0.2) is 8.42 Å². The average Bonchev–Trinajstić information content (AvgIpc) is 3.32. The molecule has 3 heterocycles. The molecule has 0 aliphatic carbocycles. The molecule has 0 saturated carbocycles. The van der Waals surface area contributed by atoms with Crippen LogP contribution >= 0.6 is 0 Å². The van der Waals surface area contributed by atoms with Crippen LogP contribution in [-0.2, 0) is 26.0 Å². The van der Waals surface area contributed by atoms with Crippen LogP contribution in [-0.4, -0.2) is 92.5 Å². The molecule has 3 aliphatic rings. The number of amides is 2. The summed E-state index contributed by atoms with van der Waals surface area (Å²) in [6.45, 7) is 3.42. The maximum atomic E-state index is 13.1.